The number of H-pyrrole nitrogens is 1. The van der Waals surface area contributed by atoms with Crippen molar-refractivity contribution in [2.45, 2.75) is 12.8 Å². The summed E-state index contributed by atoms with van der Waals surface area (Å²) in [6, 6.07) is 11.9. The number of nitrogens with zero attached hydrogens (tertiary/aromatic N) is 4. The highest BCUT2D eigenvalue weighted by molar-refractivity contribution is 5.62. The zero-order chi connectivity index (χ0) is 17.4. The molecule has 126 valence electrons. The molecular formula is C17H12F3N5. The number of aromatic nitrogens is 5. The number of hydrogen-bond donors (Lipinski definition) is 1. The number of imidazole rings is 1. The van der Waals surface area contributed by atoms with Gasteiger partial charge in [-0.2, -0.15) is 5.10 Å². The Morgan fingerprint density at radius 3 is 2.60 bits per heavy atom. The number of rotatable bonds is 4. The molecule has 0 aliphatic carbocycles. The molecule has 0 fully saturated rings. The van der Waals surface area contributed by atoms with Gasteiger partial charge in [-0.15, -0.1) is 0 Å². The van der Waals surface area contributed by atoms with Gasteiger partial charge in [0.2, 0.25) is 5.82 Å². The maximum atomic E-state index is 14.0. The molecule has 0 radical (unpaired) electrons. The zero-order valence-electron chi connectivity index (χ0n) is 12.8. The van der Waals surface area contributed by atoms with Crippen molar-refractivity contribution in [2.24, 2.45) is 0 Å². The predicted octanol–water partition coefficient (Wildman–Crippen LogP) is 3.79. The number of aromatic amines is 1. The summed E-state index contributed by atoms with van der Waals surface area (Å²) in [5.74, 6) is -0.420. The van der Waals surface area contributed by atoms with E-state index in [1.807, 2.05) is 12.1 Å². The van der Waals surface area contributed by atoms with E-state index in [2.05, 4.69) is 20.2 Å². The van der Waals surface area contributed by atoms with E-state index in [0.29, 0.717) is 17.1 Å². The van der Waals surface area contributed by atoms with Gasteiger partial charge >= 0.3 is 0 Å². The normalized spacial score (nSPS) is 11.5. The van der Waals surface area contributed by atoms with E-state index in [1.165, 1.54) is 6.07 Å². The van der Waals surface area contributed by atoms with Crippen molar-refractivity contribution < 1.29 is 13.2 Å². The van der Waals surface area contributed by atoms with Crippen LogP contribution in [0.15, 0.2) is 48.7 Å². The minimum absolute atomic E-state index is 0.135. The number of hydrogen-bond acceptors (Lipinski definition) is 3. The largest absolute Gasteiger partial charge is 0.299 e. The second-order valence-electron chi connectivity index (χ2n) is 5.45. The summed E-state index contributed by atoms with van der Waals surface area (Å²) in [4.78, 5) is 8.28. The molecule has 3 aromatic heterocycles. The molecule has 0 spiro atoms. The number of halogens is 3. The first kappa shape index (κ1) is 15.4. The van der Waals surface area contributed by atoms with Crippen LogP contribution in [-0.2, 0) is 6.42 Å². The third-order valence-electron chi connectivity index (χ3n) is 3.85. The molecule has 4 aromatic rings. The Kier molecular flexibility index (Phi) is 3.72. The number of benzene rings is 1. The molecule has 0 bridgehead atoms. The lowest BCUT2D eigenvalue weighted by molar-refractivity contribution is 0.141. The topological polar surface area (TPSA) is 58.9 Å². The summed E-state index contributed by atoms with van der Waals surface area (Å²) in [6.45, 7) is 0. The van der Waals surface area contributed by atoms with Gasteiger partial charge in [0.25, 0.3) is 6.43 Å². The van der Waals surface area contributed by atoms with Gasteiger partial charge in [-0.3, -0.25) is 9.50 Å². The van der Waals surface area contributed by atoms with Crippen LogP contribution < -0.4 is 0 Å². The Labute approximate surface area is 140 Å². The SMILES string of the molecule is Fc1ccccc1Cc1nc(-c2nc(C(F)F)n[nH]2)n2ccccc12. The van der Waals surface area contributed by atoms with E-state index >= 15 is 0 Å². The van der Waals surface area contributed by atoms with Gasteiger partial charge in [0, 0.05) is 12.6 Å². The smallest absolute Gasteiger partial charge is 0.297 e. The molecule has 5 nitrogen and oxygen atoms in total. The van der Waals surface area contributed by atoms with E-state index < -0.39 is 12.2 Å². The van der Waals surface area contributed by atoms with Crippen LogP contribution in [-0.4, -0.2) is 24.6 Å². The fraction of sp³-hybridized carbons (Fsp3) is 0.118. The van der Waals surface area contributed by atoms with Gasteiger partial charge in [0.15, 0.2) is 11.6 Å². The van der Waals surface area contributed by atoms with E-state index in [1.54, 1.807) is 34.9 Å². The van der Waals surface area contributed by atoms with Crippen LogP contribution in [0.1, 0.15) is 23.5 Å². The van der Waals surface area contributed by atoms with Crippen molar-refractivity contribution in [3.63, 3.8) is 0 Å². The fourth-order valence-corrected chi connectivity index (χ4v) is 2.69. The summed E-state index contributed by atoms with van der Waals surface area (Å²) in [5.41, 5.74) is 1.87. The van der Waals surface area contributed by atoms with Crippen molar-refractivity contribution in [3.05, 3.63) is 71.6 Å². The first-order chi connectivity index (χ1) is 12.1. The molecule has 0 amide bonds. The van der Waals surface area contributed by atoms with Gasteiger partial charge < -0.3 is 0 Å². The molecule has 0 saturated carbocycles. The van der Waals surface area contributed by atoms with Gasteiger partial charge in [0.05, 0.1) is 11.2 Å². The van der Waals surface area contributed by atoms with Crippen LogP contribution in [0, 0.1) is 5.82 Å². The molecule has 0 saturated heterocycles. The lowest BCUT2D eigenvalue weighted by atomic mass is 10.1. The van der Waals surface area contributed by atoms with E-state index in [-0.39, 0.29) is 18.1 Å². The third kappa shape index (κ3) is 2.75. The molecule has 1 N–H and O–H groups in total. The van der Waals surface area contributed by atoms with Crippen molar-refractivity contribution in [1.82, 2.24) is 24.6 Å². The molecule has 4 rings (SSSR count). The lowest BCUT2D eigenvalue weighted by Crippen LogP contribution is -1.93. The van der Waals surface area contributed by atoms with Crippen molar-refractivity contribution in [2.75, 3.05) is 0 Å². The Balaban J connectivity index is 1.82. The summed E-state index contributed by atoms with van der Waals surface area (Å²) < 4.78 is 41.1. The average molecular weight is 343 g/mol. The maximum Gasteiger partial charge on any atom is 0.299 e. The summed E-state index contributed by atoms with van der Waals surface area (Å²) in [5, 5.41) is 5.99. The highest BCUT2D eigenvalue weighted by Crippen LogP contribution is 2.24. The van der Waals surface area contributed by atoms with Crippen LogP contribution in [0.5, 0.6) is 0 Å². The monoisotopic (exact) mass is 343 g/mol. The molecule has 3 heterocycles. The van der Waals surface area contributed by atoms with Gasteiger partial charge in [-0.1, -0.05) is 24.3 Å². The predicted molar refractivity (Wildman–Crippen MR) is 84.7 cm³/mol. The van der Waals surface area contributed by atoms with Crippen LogP contribution in [0.4, 0.5) is 13.2 Å². The van der Waals surface area contributed by atoms with Crippen molar-refractivity contribution in [3.8, 4) is 11.6 Å². The average Bonchev–Trinajstić information content (AvgIpc) is 3.22. The maximum absolute atomic E-state index is 14.0. The number of nitrogens with one attached hydrogen (secondary N) is 1. The molecule has 0 unspecified atom stereocenters. The molecule has 0 atom stereocenters. The van der Waals surface area contributed by atoms with Crippen LogP contribution in [0.3, 0.4) is 0 Å². The first-order valence-electron chi connectivity index (χ1n) is 7.53. The van der Waals surface area contributed by atoms with Gasteiger partial charge in [-0.05, 0) is 23.8 Å². The Morgan fingerprint density at radius 1 is 1.04 bits per heavy atom. The second kappa shape index (κ2) is 6.04. The van der Waals surface area contributed by atoms with Crippen molar-refractivity contribution in [1.29, 1.82) is 0 Å². The van der Waals surface area contributed by atoms with Crippen LogP contribution in [0.2, 0.25) is 0 Å². The summed E-state index contributed by atoms with van der Waals surface area (Å²) in [6.07, 6.45) is -0.752. The molecule has 1 aromatic carbocycles. The minimum Gasteiger partial charge on any atom is -0.297 e. The number of fused-ring (bicyclic) bond motifs is 1. The van der Waals surface area contributed by atoms with Crippen LogP contribution in [0.25, 0.3) is 17.2 Å². The van der Waals surface area contributed by atoms with Crippen LogP contribution >= 0.6 is 0 Å². The minimum atomic E-state index is -2.77. The first-order valence-corrected chi connectivity index (χ1v) is 7.53. The number of alkyl halides is 2. The lowest BCUT2D eigenvalue weighted by Gasteiger charge is -2.01. The van der Waals surface area contributed by atoms with E-state index in [4.69, 9.17) is 0 Å². The Bertz CT molecular complexity index is 1040. The van der Waals surface area contributed by atoms with Crippen molar-refractivity contribution >= 4 is 5.52 Å². The standard InChI is InChI=1S/C17H12F3N5/c18-11-6-2-1-5-10(11)9-12-13-7-3-4-8-25(13)17(21-12)16-22-15(14(19)20)23-24-16/h1-8,14H,9H2,(H,22,23,24). The summed E-state index contributed by atoms with van der Waals surface area (Å²) >= 11 is 0. The molecule has 0 aliphatic rings. The fourth-order valence-electron chi connectivity index (χ4n) is 2.69. The van der Waals surface area contributed by atoms with Gasteiger partial charge in [0.1, 0.15) is 5.82 Å². The zero-order valence-corrected chi connectivity index (χ0v) is 12.8. The second-order valence-corrected chi connectivity index (χ2v) is 5.45. The Morgan fingerprint density at radius 2 is 1.84 bits per heavy atom. The molecule has 8 heteroatoms. The molecule has 0 aliphatic heterocycles. The molecular weight excluding hydrogens is 331 g/mol. The van der Waals surface area contributed by atoms with E-state index in [0.717, 1.165) is 5.52 Å². The van der Waals surface area contributed by atoms with E-state index in [9.17, 15) is 13.2 Å². The highest BCUT2D eigenvalue weighted by atomic mass is 19.3. The summed E-state index contributed by atoms with van der Waals surface area (Å²) in [7, 11) is 0. The highest BCUT2D eigenvalue weighted by Gasteiger charge is 2.19. The number of pyridine rings is 1. The quantitative estimate of drug-likeness (QED) is 0.613. The third-order valence-corrected chi connectivity index (χ3v) is 3.85. The van der Waals surface area contributed by atoms with Gasteiger partial charge in [-0.25, -0.2) is 23.1 Å². The molecule has 25 heavy (non-hydrogen) atoms. The Hall–Kier alpha value is -3.16.